The minimum absolute atomic E-state index is 0.165. The Hall–Kier alpha value is -2.28. The summed E-state index contributed by atoms with van der Waals surface area (Å²) in [7, 11) is 0. The molecule has 0 unspecified atom stereocenters. The predicted molar refractivity (Wildman–Crippen MR) is 90.2 cm³/mol. The lowest BCUT2D eigenvalue weighted by Crippen LogP contribution is -2.48. The van der Waals surface area contributed by atoms with E-state index in [-0.39, 0.29) is 5.92 Å². The molecule has 0 fully saturated rings. The summed E-state index contributed by atoms with van der Waals surface area (Å²) < 4.78 is 4.95. The van der Waals surface area contributed by atoms with Gasteiger partial charge in [0.1, 0.15) is 6.04 Å². The van der Waals surface area contributed by atoms with Crippen LogP contribution in [0, 0.1) is 5.92 Å². The summed E-state index contributed by atoms with van der Waals surface area (Å²) in [6.07, 6.45) is 0.642. The van der Waals surface area contributed by atoms with Crippen molar-refractivity contribution in [2.45, 2.75) is 32.9 Å². The number of carbonyl (C=O) groups excluding carboxylic acids is 3. The van der Waals surface area contributed by atoms with Crippen LogP contribution in [0.5, 0.6) is 0 Å². The number of primary amides is 1. The molecule has 24 heavy (non-hydrogen) atoms. The van der Waals surface area contributed by atoms with Crippen LogP contribution >= 0.6 is 11.6 Å². The second-order valence-electron chi connectivity index (χ2n) is 5.38. The van der Waals surface area contributed by atoms with Crippen molar-refractivity contribution in [3.63, 3.8) is 0 Å². The van der Waals surface area contributed by atoms with Gasteiger partial charge in [-0.2, -0.15) is 0 Å². The summed E-state index contributed by atoms with van der Waals surface area (Å²) >= 11 is 5.78. The zero-order valence-electron chi connectivity index (χ0n) is 13.7. The van der Waals surface area contributed by atoms with Gasteiger partial charge in [-0.1, -0.05) is 44.0 Å². The van der Waals surface area contributed by atoms with Gasteiger partial charge in [0.25, 0.3) is 5.91 Å². The number of rotatable bonds is 8. The molecule has 1 aromatic rings. The van der Waals surface area contributed by atoms with E-state index in [0.717, 1.165) is 5.56 Å². The van der Waals surface area contributed by atoms with Crippen molar-refractivity contribution in [3.8, 4) is 0 Å². The number of amides is 3. The smallest absolute Gasteiger partial charge is 0.329 e. The Bertz CT molecular complexity index is 577. The molecule has 132 valence electrons. The molecule has 2 atom stereocenters. The van der Waals surface area contributed by atoms with Crippen LogP contribution in [-0.2, 0) is 20.9 Å². The minimum atomic E-state index is -0.878. The molecule has 0 aliphatic carbocycles. The third-order valence-electron chi connectivity index (χ3n) is 3.51. The van der Waals surface area contributed by atoms with Crippen molar-refractivity contribution in [2.75, 3.05) is 6.61 Å². The quantitative estimate of drug-likeness (QED) is 0.615. The molecule has 0 heterocycles. The maximum Gasteiger partial charge on any atom is 0.329 e. The summed E-state index contributed by atoms with van der Waals surface area (Å²) in [6.45, 7) is 3.51. The van der Waals surface area contributed by atoms with Crippen LogP contribution in [0.15, 0.2) is 24.3 Å². The Kier molecular flexibility index (Phi) is 8.05. The molecular formula is C16H22ClN3O4. The fourth-order valence-corrected chi connectivity index (χ4v) is 2.03. The number of halogens is 1. The van der Waals surface area contributed by atoms with E-state index in [0.29, 0.717) is 18.0 Å². The van der Waals surface area contributed by atoms with Gasteiger partial charge in [-0.15, -0.1) is 0 Å². The van der Waals surface area contributed by atoms with Crippen LogP contribution < -0.4 is 16.4 Å². The van der Waals surface area contributed by atoms with E-state index in [2.05, 4.69) is 10.6 Å². The molecule has 0 saturated carbocycles. The first-order chi connectivity index (χ1) is 11.3. The number of hydrogen-bond donors (Lipinski definition) is 3. The second-order valence-corrected chi connectivity index (χ2v) is 5.82. The van der Waals surface area contributed by atoms with Crippen molar-refractivity contribution in [3.05, 3.63) is 34.9 Å². The molecule has 4 N–H and O–H groups in total. The number of urea groups is 1. The molecule has 7 nitrogen and oxygen atoms in total. The number of nitrogens with two attached hydrogens (primary N) is 1. The van der Waals surface area contributed by atoms with E-state index in [1.807, 2.05) is 6.92 Å². The van der Waals surface area contributed by atoms with Crippen LogP contribution in [0.1, 0.15) is 25.8 Å². The van der Waals surface area contributed by atoms with E-state index in [4.69, 9.17) is 22.1 Å². The molecule has 0 spiro atoms. The van der Waals surface area contributed by atoms with Crippen molar-refractivity contribution in [2.24, 2.45) is 11.7 Å². The average Bonchev–Trinajstić information content (AvgIpc) is 2.56. The first kappa shape index (κ1) is 19.8. The Labute approximate surface area is 145 Å². The Balaban J connectivity index is 2.44. The van der Waals surface area contributed by atoms with Gasteiger partial charge < -0.3 is 21.1 Å². The minimum Gasteiger partial charge on any atom is -0.454 e. The highest BCUT2D eigenvalue weighted by Gasteiger charge is 2.27. The second kappa shape index (κ2) is 9.77. The predicted octanol–water partition coefficient (Wildman–Crippen LogP) is 1.58. The number of esters is 1. The van der Waals surface area contributed by atoms with E-state index in [1.165, 1.54) is 0 Å². The largest absolute Gasteiger partial charge is 0.454 e. The molecule has 1 aromatic carbocycles. The maximum absolute atomic E-state index is 12.0. The van der Waals surface area contributed by atoms with Gasteiger partial charge in [0.2, 0.25) is 0 Å². The van der Waals surface area contributed by atoms with Crippen LogP contribution in [0.4, 0.5) is 4.79 Å². The van der Waals surface area contributed by atoms with Crippen molar-refractivity contribution < 1.29 is 19.1 Å². The van der Waals surface area contributed by atoms with Gasteiger partial charge in [0.05, 0.1) is 0 Å². The van der Waals surface area contributed by atoms with Crippen molar-refractivity contribution >= 4 is 29.5 Å². The number of carbonyl (C=O) groups is 3. The molecular weight excluding hydrogens is 334 g/mol. The highest BCUT2D eigenvalue weighted by atomic mass is 35.5. The molecule has 3 amide bonds. The van der Waals surface area contributed by atoms with Crippen LogP contribution in [0.25, 0.3) is 0 Å². The summed E-state index contributed by atoms with van der Waals surface area (Å²) in [6, 6.07) is 5.31. The Morgan fingerprint density at radius 2 is 1.88 bits per heavy atom. The van der Waals surface area contributed by atoms with E-state index in [9.17, 15) is 14.4 Å². The van der Waals surface area contributed by atoms with E-state index < -0.39 is 30.6 Å². The van der Waals surface area contributed by atoms with E-state index in [1.54, 1.807) is 31.2 Å². The summed E-state index contributed by atoms with van der Waals surface area (Å²) in [5.74, 6) is -1.30. The van der Waals surface area contributed by atoms with Gasteiger partial charge in [-0.3, -0.25) is 4.79 Å². The Morgan fingerprint density at radius 3 is 2.42 bits per heavy atom. The zero-order valence-corrected chi connectivity index (χ0v) is 14.4. The van der Waals surface area contributed by atoms with E-state index >= 15 is 0 Å². The monoisotopic (exact) mass is 355 g/mol. The van der Waals surface area contributed by atoms with Gasteiger partial charge in [-0.25, -0.2) is 9.59 Å². The zero-order chi connectivity index (χ0) is 18.1. The summed E-state index contributed by atoms with van der Waals surface area (Å²) in [4.78, 5) is 34.7. The van der Waals surface area contributed by atoms with Gasteiger partial charge in [0, 0.05) is 11.6 Å². The Morgan fingerprint density at radius 1 is 1.25 bits per heavy atom. The van der Waals surface area contributed by atoms with Crippen molar-refractivity contribution in [1.29, 1.82) is 0 Å². The average molecular weight is 356 g/mol. The molecule has 0 radical (unpaired) electrons. The third-order valence-corrected chi connectivity index (χ3v) is 3.77. The van der Waals surface area contributed by atoms with Crippen LogP contribution in [0.2, 0.25) is 5.02 Å². The lowest BCUT2D eigenvalue weighted by Gasteiger charge is -2.21. The molecule has 1 rings (SSSR count). The lowest BCUT2D eigenvalue weighted by molar-refractivity contribution is -0.151. The first-order valence-corrected chi connectivity index (χ1v) is 7.95. The molecule has 0 bridgehead atoms. The fraction of sp³-hybridized carbons (Fsp3) is 0.438. The molecule has 0 aromatic heterocycles. The third kappa shape index (κ3) is 6.87. The molecule has 0 saturated heterocycles. The topological polar surface area (TPSA) is 111 Å². The van der Waals surface area contributed by atoms with Crippen LogP contribution in [-0.4, -0.2) is 30.6 Å². The maximum atomic E-state index is 12.0. The fourth-order valence-electron chi connectivity index (χ4n) is 1.90. The number of ether oxygens (including phenoxy) is 1. The number of hydrogen-bond acceptors (Lipinski definition) is 4. The standard InChI is InChI=1S/C16H22ClN3O4/c1-3-10(2)14(20-16(18)23)15(22)24-9-13(21)19-8-11-4-6-12(17)7-5-11/h4-7,10,14H,3,8-9H2,1-2H3,(H,19,21)(H3,18,20,23)/t10-,14+/m1/s1. The number of benzene rings is 1. The van der Waals surface area contributed by atoms with Gasteiger partial charge in [0.15, 0.2) is 6.61 Å². The SMILES string of the molecule is CC[C@@H](C)[C@H](NC(N)=O)C(=O)OCC(=O)NCc1ccc(Cl)cc1. The highest BCUT2D eigenvalue weighted by molar-refractivity contribution is 6.30. The molecule has 0 aliphatic heterocycles. The molecule has 8 heteroatoms. The highest BCUT2D eigenvalue weighted by Crippen LogP contribution is 2.10. The summed E-state index contributed by atoms with van der Waals surface area (Å²) in [5, 5.41) is 5.57. The lowest BCUT2D eigenvalue weighted by atomic mass is 9.99. The van der Waals surface area contributed by atoms with Gasteiger partial charge >= 0.3 is 12.0 Å². The van der Waals surface area contributed by atoms with Crippen LogP contribution in [0.3, 0.4) is 0 Å². The normalized spacial score (nSPS) is 12.8. The summed E-state index contributed by atoms with van der Waals surface area (Å²) in [5.41, 5.74) is 5.92. The van der Waals surface area contributed by atoms with Crippen molar-refractivity contribution in [1.82, 2.24) is 10.6 Å². The first-order valence-electron chi connectivity index (χ1n) is 7.57. The van der Waals surface area contributed by atoms with Gasteiger partial charge in [-0.05, 0) is 23.6 Å². The molecule has 0 aliphatic rings. The number of nitrogens with one attached hydrogen (secondary N) is 2.